The van der Waals surface area contributed by atoms with Crippen molar-refractivity contribution in [3.63, 3.8) is 0 Å². The number of rotatable bonds is 9. The molecule has 4 nitrogen and oxygen atoms in total. The predicted octanol–water partition coefficient (Wildman–Crippen LogP) is 2.85. The Labute approximate surface area is 128 Å². The summed E-state index contributed by atoms with van der Waals surface area (Å²) in [5, 5.41) is 3.40. The number of aromatic nitrogens is 2. The van der Waals surface area contributed by atoms with Crippen LogP contribution < -0.4 is 5.32 Å². The second kappa shape index (κ2) is 7.85. The number of ether oxygens (including phenoxy) is 1. The van der Waals surface area contributed by atoms with Gasteiger partial charge in [-0.15, -0.1) is 0 Å². The fourth-order valence-electron chi connectivity index (χ4n) is 2.90. The van der Waals surface area contributed by atoms with E-state index in [0.717, 1.165) is 38.2 Å². The van der Waals surface area contributed by atoms with Crippen molar-refractivity contribution < 1.29 is 4.74 Å². The number of likely N-dealkylation sites (N-methyl/N-ethyl adjacent to an activating group) is 1. The van der Waals surface area contributed by atoms with Gasteiger partial charge in [-0.1, -0.05) is 20.8 Å². The van der Waals surface area contributed by atoms with Gasteiger partial charge in [0.25, 0.3) is 0 Å². The second-order valence-electron chi connectivity index (χ2n) is 5.76. The second-order valence-corrected chi connectivity index (χ2v) is 5.76. The highest BCUT2D eigenvalue weighted by atomic mass is 16.5. The molecule has 0 spiro atoms. The number of nitrogens with one attached hydrogen (secondary N) is 1. The van der Waals surface area contributed by atoms with Crippen LogP contribution in [0.25, 0.3) is 0 Å². The average molecular weight is 291 g/mol. The molecule has 0 aliphatic heterocycles. The number of nitrogens with zero attached hydrogens (tertiary/aromatic N) is 2. The maximum atomic E-state index is 5.66. The SMILES string of the molecule is CCNCCc1c(CC)nc(C(OC)C2CC2)nc1CC. The van der Waals surface area contributed by atoms with Crippen molar-refractivity contribution in [1.82, 2.24) is 15.3 Å². The monoisotopic (exact) mass is 291 g/mol. The molecule has 1 unspecified atom stereocenters. The lowest BCUT2D eigenvalue weighted by Crippen LogP contribution is -2.20. The Morgan fingerprint density at radius 1 is 1.14 bits per heavy atom. The summed E-state index contributed by atoms with van der Waals surface area (Å²) in [6.45, 7) is 8.51. The minimum absolute atomic E-state index is 0.0865. The van der Waals surface area contributed by atoms with Gasteiger partial charge in [0.1, 0.15) is 6.10 Å². The van der Waals surface area contributed by atoms with Gasteiger partial charge in [-0.05, 0) is 56.7 Å². The maximum absolute atomic E-state index is 5.66. The summed E-state index contributed by atoms with van der Waals surface area (Å²) in [5.41, 5.74) is 3.75. The lowest BCUT2D eigenvalue weighted by Gasteiger charge is -2.18. The van der Waals surface area contributed by atoms with Crippen LogP contribution in [0.5, 0.6) is 0 Å². The van der Waals surface area contributed by atoms with Crippen LogP contribution in [0.2, 0.25) is 0 Å². The molecular weight excluding hydrogens is 262 g/mol. The number of hydrogen-bond donors (Lipinski definition) is 1. The van der Waals surface area contributed by atoms with E-state index < -0.39 is 0 Å². The Balaban J connectivity index is 2.28. The molecule has 0 aromatic carbocycles. The molecule has 0 bridgehead atoms. The van der Waals surface area contributed by atoms with E-state index in [0.29, 0.717) is 5.92 Å². The zero-order valence-corrected chi connectivity index (χ0v) is 13.9. The molecule has 1 heterocycles. The molecule has 118 valence electrons. The van der Waals surface area contributed by atoms with Crippen molar-refractivity contribution in [2.75, 3.05) is 20.2 Å². The minimum atomic E-state index is 0.0865. The molecule has 2 rings (SSSR count). The zero-order valence-electron chi connectivity index (χ0n) is 13.9. The minimum Gasteiger partial charge on any atom is -0.373 e. The van der Waals surface area contributed by atoms with Gasteiger partial charge in [0.05, 0.1) is 0 Å². The standard InChI is InChI=1S/C17H29N3O/c1-5-14-13(10-11-18-7-3)15(6-2)20-17(19-14)16(21-4)12-8-9-12/h12,16,18H,5-11H2,1-4H3. The van der Waals surface area contributed by atoms with Crippen molar-refractivity contribution in [3.05, 3.63) is 22.8 Å². The van der Waals surface area contributed by atoms with Crippen LogP contribution in [0.3, 0.4) is 0 Å². The largest absolute Gasteiger partial charge is 0.373 e. The van der Waals surface area contributed by atoms with Crippen molar-refractivity contribution in [3.8, 4) is 0 Å². The van der Waals surface area contributed by atoms with Gasteiger partial charge < -0.3 is 10.1 Å². The van der Waals surface area contributed by atoms with Crippen LogP contribution in [-0.2, 0) is 24.0 Å². The van der Waals surface area contributed by atoms with E-state index in [1.165, 1.54) is 29.8 Å². The van der Waals surface area contributed by atoms with E-state index >= 15 is 0 Å². The van der Waals surface area contributed by atoms with E-state index in [1.54, 1.807) is 7.11 Å². The normalized spacial score (nSPS) is 16.2. The summed E-state index contributed by atoms with van der Waals surface area (Å²) in [5.74, 6) is 1.53. The summed E-state index contributed by atoms with van der Waals surface area (Å²) < 4.78 is 5.66. The molecule has 1 aromatic rings. The van der Waals surface area contributed by atoms with Crippen molar-refractivity contribution >= 4 is 0 Å². The maximum Gasteiger partial charge on any atom is 0.157 e. The Hall–Kier alpha value is -1.00. The molecule has 1 aliphatic rings. The lowest BCUT2D eigenvalue weighted by atomic mass is 10.0. The number of hydrogen-bond acceptors (Lipinski definition) is 4. The quantitative estimate of drug-likeness (QED) is 0.711. The number of methoxy groups -OCH3 is 1. The molecule has 0 saturated heterocycles. The predicted molar refractivity (Wildman–Crippen MR) is 85.5 cm³/mol. The first kappa shape index (κ1) is 16.4. The average Bonchev–Trinajstić information content (AvgIpc) is 3.33. The molecule has 1 saturated carbocycles. The highest BCUT2D eigenvalue weighted by Gasteiger charge is 2.35. The van der Waals surface area contributed by atoms with Crippen LogP contribution in [0.15, 0.2) is 0 Å². The van der Waals surface area contributed by atoms with Gasteiger partial charge in [-0.3, -0.25) is 0 Å². The summed E-state index contributed by atoms with van der Waals surface area (Å²) in [6.07, 6.45) is 5.51. The highest BCUT2D eigenvalue weighted by Crippen LogP contribution is 2.42. The molecule has 1 aromatic heterocycles. The van der Waals surface area contributed by atoms with Gasteiger partial charge >= 0.3 is 0 Å². The zero-order chi connectivity index (χ0) is 15.2. The van der Waals surface area contributed by atoms with Crippen LogP contribution >= 0.6 is 0 Å². The van der Waals surface area contributed by atoms with E-state index in [9.17, 15) is 0 Å². The van der Waals surface area contributed by atoms with E-state index in [2.05, 4.69) is 26.1 Å². The van der Waals surface area contributed by atoms with Crippen molar-refractivity contribution in [1.29, 1.82) is 0 Å². The van der Waals surface area contributed by atoms with Crippen LogP contribution in [0, 0.1) is 5.92 Å². The fraction of sp³-hybridized carbons (Fsp3) is 0.765. The van der Waals surface area contributed by atoms with E-state index in [4.69, 9.17) is 14.7 Å². The topological polar surface area (TPSA) is 47.0 Å². The smallest absolute Gasteiger partial charge is 0.157 e. The molecule has 1 atom stereocenters. The van der Waals surface area contributed by atoms with E-state index in [-0.39, 0.29) is 6.10 Å². The third-order valence-corrected chi connectivity index (χ3v) is 4.23. The first-order valence-electron chi connectivity index (χ1n) is 8.37. The summed E-state index contributed by atoms with van der Waals surface area (Å²) in [7, 11) is 1.78. The molecule has 4 heteroatoms. The van der Waals surface area contributed by atoms with Gasteiger partial charge in [-0.25, -0.2) is 9.97 Å². The Kier molecular flexibility index (Phi) is 6.12. The Morgan fingerprint density at radius 2 is 1.76 bits per heavy atom. The molecule has 0 radical (unpaired) electrons. The molecular formula is C17H29N3O. The molecule has 0 amide bonds. The van der Waals surface area contributed by atoms with Crippen LogP contribution in [0.1, 0.15) is 62.5 Å². The molecule has 21 heavy (non-hydrogen) atoms. The van der Waals surface area contributed by atoms with Gasteiger partial charge in [0.15, 0.2) is 5.82 Å². The first-order valence-corrected chi connectivity index (χ1v) is 8.37. The van der Waals surface area contributed by atoms with Crippen LogP contribution in [0.4, 0.5) is 0 Å². The number of aryl methyl sites for hydroxylation is 2. The Bertz CT molecular complexity index is 432. The third kappa shape index (κ3) is 4.01. The van der Waals surface area contributed by atoms with Gasteiger partial charge in [0, 0.05) is 18.5 Å². The highest BCUT2D eigenvalue weighted by molar-refractivity contribution is 5.28. The van der Waals surface area contributed by atoms with Gasteiger partial charge in [0.2, 0.25) is 0 Å². The fourth-order valence-corrected chi connectivity index (χ4v) is 2.90. The summed E-state index contributed by atoms with van der Waals surface area (Å²) >= 11 is 0. The summed E-state index contributed by atoms with van der Waals surface area (Å²) in [6, 6.07) is 0. The molecule has 1 fully saturated rings. The van der Waals surface area contributed by atoms with Gasteiger partial charge in [-0.2, -0.15) is 0 Å². The third-order valence-electron chi connectivity index (χ3n) is 4.23. The summed E-state index contributed by atoms with van der Waals surface area (Å²) in [4.78, 5) is 9.69. The first-order chi connectivity index (χ1) is 10.2. The van der Waals surface area contributed by atoms with Crippen molar-refractivity contribution in [2.45, 2.75) is 59.0 Å². The lowest BCUT2D eigenvalue weighted by molar-refractivity contribution is 0.0767. The Morgan fingerprint density at radius 3 is 2.19 bits per heavy atom. The molecule has 1 N–H and O–H groups in total. The van der Waals surface area contributed by atoms with Crippen LogP contribution in [-0.4, -0.2) is 30.2 Å². The van der Waals surface area contributed by atoms with Crippen molar-refractivity contribution in [2.24, 2.45) is 5.92 Å². The van der Waals surface area contributed by atoms with E-state index in [1.807, 2.05) is 0 Å². The molecule has 1 aliphatic carbocycles.